The number of benzene rings is 1. The maximum absolute atomic E-state index is 12.5. The first-order valence-electron chi connectivity index (χ1n) is 6.41. The van der Waals surface area contributed by atoms with E-state index in [1.165, 1.54) is 0 Å². The number of hydrogen-bond acceptors (Lipinski definition) is 3. The zero-order valence-corrected chi connectivity index (χ0v) is 13.1. The van der Waals surface area contributed by atoms with Gasteiger partial charge in [-0.3, -0.25) is 4.79 Å². The molecular weight excluding hydrogens is 292 g/mol. The minimum atomic E-state index is -0.0327. The normalized spacial score (nSPS) is 10.3. The van der Waals surface area contributed by atoms with Crippen LogP contribution in [0.2, 0.25) is 5.02 Å². The fourth-order valence-electron chi connectivity index (χ4n) is 1.97. The summed E-state index contributed by atoms with van der Waals surface area (Å²) < 4.78 is 0. The van der Waals surface area contributed by atoms with Crippen LogP contribution in [0.25, 0.3) is 0 Å². The molecule has 2 aromatic rings. The molecule has 5 heteroatoms. The topological polar surface area (TPSA) is 32.3 Å². The van der Waals surface area contributed by atoms with Crippen LogP contribution in [0.1, 0.15) is 22.8 Å². The van der Waals surface area contributed by atoms with Gasteiger partial charge in [-0.05, 0) is 47.5 Å². The molecule has 1 N–H and O–H groups in total. The third kappa shape index (κ3) is 3.52. The van der Waals surface area contributed by atoms with Crippen LogP contribution < -0.4 is 5.32 Å². The number of amides is 1. The van der Waals surface area contributed by atoms with Crippen LogP contribution in [0.4, 0.5) is 5.69 Å². The zero-order chi connectivity index (χ0) is 14.5. The van der Waals surface area contributed by atoms with Gasteiger partial charge >= 0.3 is 0 Å². The third-order valence-electron chi connectivity index (χ3n) is 2.93. The highest BCUT2D eigenvalue weighted by molar-refractivity contribution is 7.07. The van der Waals surface area contributed by atoms with E-state index in [0.29, 0.717) is 17.1 Å². The van der Waals surface area contributed by atoms with Crippen LogP contribution >= 0.6 is 22.9 Å². The molecule has 1 aromatic heterocycles. The van der Waals surface area contributed by atoms with Crippen LogP contribution in [0.3, 0.4) is 0 Å². The molecule has 3 nitrogen and oxygen atoms in total. The molecule has 0 radical (unpaired) electrons. The van der Waals surface area contributed by atoms with E-state index < -0.39 is 0 Å². The zero-order valence-electron chi connectivity index (χ0n) is 11.5. The number of carbonyl (C=O) groups excluding carboxylic acids is 1. The Morgan fingerprint density at radius 1 is 1.40 bits per heavy atom. The van der Waals surface area contributed by atoms with Crippen LogP contribution in [0.15, 0.2) is 35.0 Å². The van der Waals surface area contributed by atoms with Crippen LogP contribution in [0.5, 0.6) is 0 Å². The summed E-state index contributed by atoms with van der Waals surface area (Å²) in [5.41, 5.74) is 2.56. The third-order valence-corrected chi connectivity index (χ3v) is 3.89. The molecule has 1 heterocycles. The first kappa shape index (κ1) is 14.9. The maximum atomic E-state index is 12.5. The standard InChI is InChI=1S/C15H17ClN2OS/c1-3-17-14-5-4-12(16)8-13(14)15(19)18(2)9-11-6-7-20-10-11/h4-8,10,17H,3,9H2,1-2H3. The van der Waals surface area contributed by atoms with Gasteiger partial charge in [0.2, 0.25) is 0 Å². The molecule has 1 aromatic carbocycles. The van der Waals surface area contributed by atoms with Crippen molar-refractivity contribution in [1.82, 2.24) is 4.90 Å². The van der Waals surface area contributed by atoms with E-state index in [2.05, 4.69) is 5.32 Å². The predicted octanol–water partition coefficient (Wildman–Crippen LogP) is 4.11. The molecule has 0 unspecified atom stereocenters. The molecule has 0 atom stereocenters. The summed E-state index contributed by atoms with van der Waals surface area (Å²) in [5, 5.41) is 7.82. The van der Waals surface area contributed by atoms with E-state index in [0.717, 1.165) is 17.8 Å². The van der Waals surface area contributed by atoms with E-state index >= 15 is 0 Å². The van der Waals surface area contributed by atoms with Gasteiger partial charge in [0, 0.05) is 30.8 Å². The molecule has 0 bridgehead atoms. The van der Waals surface area contributed by atoms with Gasteiger partial charge in [0.05, 0.1) is 5.56 Å². The summed E-state index contributed by atoms with van der Waals surface area (Å²) in [6.07, 6.45) is 0. The summed E-state index contributed by atoms with van der Waals surface area (Å²) in [7, 11) is 1.80. The lowest BCUT2D eigenvalue weighted by Gasteiger charge is -2.19. The lowest BCUT2D eigenvalue weighted by molar-refractivity contribution is 0.0786. The lowest BCUT2D eigenvalue weighted by Crippen LogP contribution is -2.26. The van der Waals surface area contributed by atoms with Gasteiger partial charge < -0.3 is 10.2 Å². The van der Waals surface area contributed by atoms with Gasteiger partial charge in [0.25, 0.3) is 5.91 Å². The number of hydrogen-bond donors (Lipinski definition) is 1. The number of anilines is 1. The molecule has 0 fully saturated rings. The molecular formula is C15H17ClN2OS. The fraction of sp³-hybridized carbons (Fsp3) is 0.267. The highest BCUT2D eigenvalue weighted by Crippen LogP contribution is 2.22. The summed E-state index contributed by atoms with van der Waals surface area (Å²) in [6.45, 7) is 3.36. The lowest BCUT2D eigenvalue weighted by atomic mass is 10.1. The number of nitrogens with zero attached hydrogens (tertiary/aromatic N) is 1. The maximum Gasteiger partial charge on any atom is 0.256 e. The van der Waals surface area contributed by atoms with E-state index in [1.54, 1.807) is 35.4 Å². The van der Waals surface area contributed by atoms with Crippen molar-refractivity contribution in [3.8, 4) is 0 Å². The van der Waals surface area contributed by atoms with E-state index in [4.69, 9.17) is 11.6 Å². The molecule has 0 saturated carbocycles. The molecule has 0 aliphatic rings. The number of halogens is 1. The molecule has 0 aliphatic heterocycles. The van der Waals surface area contributed by atoms with Gasteiger partial charge in [-0.15, -0.1) is 0 Å². The van der Waals surface area contributed by atoms with Crippen LogP contribution in [0, 0.1) is 0 Å². The van der Waals surface area contributed by atoms with Crippen molar-refractivity contribution in [1.29, 1.82) is 0 Å². The van der Waals surface area contributed by atoms with Gasteiger partial charge in [0.15, 0.2) is 0 Å². The Hall–Kier alpha value is -1.52. The average molecular weight is 309 g/mol. The molecule has 2 rings (SSSR count). The molecule has 0 saturated heterocycles. The van der Waals surface area contributed by atoms with E-state index in [-0.39, 0.29) is 5.91 Å². The Labute approximate surface area is 128 Å². The van der Waals surface area contributed by atoms with Crippen molar-refractivity contribution in [2.24, 2.45) is 0 Å². The van der Waals surface area contributed by atoms with E-state index in [1.807, 2.05) is 29.8 Å². The molecule has 0 spiro atoms. The monoisotopic (exact) mass is 308 g/mol. The van der Waals surface area contributed by atoms with Crippen molar-refractivity contribution in [2.45, 2.75) is 13.5 Å². The summed E-state index contributed by atoms with van der Waals surface area (Å²) >= 11 is 7.64. The highest BCUT2D eigenvalue weighted by Gasteiger charge is 2.16. The second-order valence-corrected chi connectivity index (χ2v) is 5.73. The minimum absolute atomic E-state index is 0.0327. The minimum Gasteiger partial charge on any atom is -0.385 e. The Balaban J connectivity index is 2.21. The van der Waals surface area contributed by atoms with Crippen molar-refractivity contribution in [2.75, 3.05) is 18.9 Å². The number of nitrogens with one attached hydrogen (secondary N) is 1. The second kappa shape index (κ2) is 6.77. The van der Waals surface area contributed by atoms with Crippen LogP contribution in [-0.4, -0.2) is 24.4 Å². The number of rotatable bonds is 5. The Kier molecular flexibility index (Phi) is 5.04. The first-order valence-corrected chi connectivity index (χ1v) is 7.74. The highest BCUT2D eigenvalue weighted by atomic mass is 35.5. The first-order chi connectivity index (χ1) is 9.61. The summed E-state index contributed by atoms with van der Waals surface area (Å²) in [4.78, 5) is 14.3. The van der Waals surface area contributed by atoms with Crippen molar-refractivity contribution in [3.05, 3.63) is 51.2 Å². The van der Waals surface area contributed by atoms with Gasteiger partial charge in [0.1, 0.15) is 0 Å². The summed E-state index contributed by atoms with van der Waals surface area (Å²) in [5.74, 6) is -0.0327. The Morgan fingerprint density at radius 3 is 2.85 bits per heavy atom. The van der Waals surface area contributed by atoms with Crippen molar-refractivity contribution < 1.29 is 4.79 Å². The quantitative estimate of drug-likeness (QED) is 0.901. The van der Waals surface area contributed by atoms with Gasteiger partial charge in [-0.1, -0.05) is 11.6 Å². The van der Waals surface area contributed by atoms with Crippen molar-refractivity contribution in [3.63, 3.8) is 0 Å². The van der Waals surface area contributed by atoms with Crippen LogP contribution in [-0.2, 0) is 6.54 Å². The second-order valence-electron chi connectivity index (χ2n) is 4.51. The predicted molar refractivity (Wildman–Crippen MR) is 85.7 cm³/mol. The molecule has 106 valence electrons. The fourth-order valence-corrected chi connectivity index (χ4v) is 2.80. The molecule has 20 heavy (non-hydrogen) atoms. The number of carbonyl (C=O) groups is 1. The average Bonchev–Trinajstić information content (AvgIpc) is 2.93. The van der Waals surface area contributed by atoms with E-state index in [9.17, 15) is 4.79 Å². The molecule has 1 amide bonds. The number of thiophene rings is 1. The smallest absolute Gasteiger partial charge is 0.256 e. The molecule has 0 aliphatic carbocycles. The SMILES string of the molecule is CCNc1ccc(Cl)cc1C(=O)N(C)Cc1ccsc1. The van der Waals surface area contributed by atoms with Crippen molar-refractivity contribution >= 4 is 34.5 Å². The van der Waals surface area contributed by atoms with Gasteiger partial charge in [-0.2, -0.15) is 11.3 Å². The Morgan fingerprint density at radius 2 is 2.20 bits per heavy atom. The Bertz CT molecular complexity index is 584. The summed E-state index contributed by atoms with van der Waals surface area (Å²) in [6, 6.07) is 7.37. The largest absolute Gasteiger partial charge is 0.385 e. The van der Waals surface area contributed by atoms with Gasteiger partial charge in [-0.25, -0.2) is 0 Å².